The molecule has 0 aromatic heterocycles. The highest BCUT2D eigenvalue weighted by Gasteiger charge is 2.45. The topological polar surface area (TPSA) is 50.4 Å². The molecule has 2 aliphatic rings. The Morgan fingerprint density at radius 1 is 1.43 bits per heavy atom. The largest absolute Gasteiger partial charge is 0.391 e. The van der Waals surface area contributed by atoms with E-state index >= 15 is 0 Å². The van der Waals surface area contributed by atoms with Crippen molar-refractivity contribution in [2.45, 2.75) is 44.3 Å². The second-order valence-electron chi connectivity index (χ2n) is 6.22. The van der Waals surface area contributed by atoms with Gasteiger partial charge in [-0.05, 0) is 32.2 Å². The van der Waals surface area contributed by atoms with Gasteiger partial charge in [0.1, 0.15) is 0 Å². The molecule has 2 rings (SSSR count). The van der Waals surface area contributed by atoms with Gasteiger partial charge in [-0.3, -0.25) is 4.79 Å². The van der Waals surface area contributed by atoms with Crippen molar-refractivity contribution >= 4 is 5.91 Å². The zero-order valence-corrected chi connectivity index (χ0v) is 12.3. The van der Waals surface area contributed by atoms with Crippen LogP contribution in [0.4, 0.5) is 13.2 Å². The summed E-state index contributed by atoms with van der Waals surface area (Å²) < 4.78 is 43.6. The van der Waals surface area contributed by atoms with Crippen LogP contribution in [0.2, 0.25) is 0 Å². The van der Waals surface area contributed by atoms with Gasteiger partial charge in [-0.15, -0.1) is 0 Å². The van der Waals surface area contributed by atoms with Crippen molar-refractivity contribution < 1.29 is 22.7 Å². The Morgan fingerprint density at radius 3 is 2.76 bits per heavy atom. The van der Waals surface area contributed by atoms with E-state index in [2.05, 4.69) is 10.6 Å². The van der Waals surface area contributed by atoms with E-state index in [9.17, 15) is 18.0 Å². The molecule has 122 valence electrons. The maximum absolute atomic E-state index is 12.8. The van der Waals surface area contributed by atoms with Crippen molar-refractivity contribution in [3.8, 4) is 0 Å². The van der Waals surface area contributed by atoms with Crippen LogP contribution in [0.5, 0.6) is 0 Å². The van der Waals surface area contributed by atoms with Crippen LogP contribution in [-0.2, 0) is 9.53 Å². The number of amides is 1. The fourth-order valence-corrected chi connectivity index (χ4v) is 3.36. The van der Waals surface area contributed by atoms with Crippen LogP contribution in [0.1, 0.15) is 32.1 Å². The van der Waals surface area contributed by atoms with Crippen LogP contribution in [-0.4, -0.2) is 44.9 Å². The molecular formula is C14H23F3N2O2. The SMILES string of the molecule is COCC1(C(=O)NC2CCCC(C(F)(F)F)C2)CCNC1. The quantitative estimate of drug-likeness (QED) is 0.833. The molecule has 0 bridgehead atoms. The van der Waals surface area contributed by atoms with E-state index in [4.69, 9.17) is 4.74 Å². The summed E-state index contributed by atoms with van der Waals surface area (Å²) in [4.78, 5) is 12.5. The molecule has 2 fully saturated rings. The van der Waals surface area contributed by atoms with Gasteiger partial charge in [0.15, 0.2) is 0 Å². The lowest BCUT2D eigenvalue weighted by atomic mass is 9.83. The third kappa shape index (κ3) is 3.88. The zero-order chi connectivity index (χ0) is 15.5. The van der Waals surface area contributed by atoms with Crippen LogP contribution in [0.25, 0.3) is 0 Å². The first kappa shape index (κ1) is 16.5. The highest BCUT2D eigenvalue weighted by molar-refractivity contribution is 5.83. The van der Waals surface area contributed by atoms with Crippen molar-refractivity contribution in [3.63, 3.8) is 0 Å². The number of carbonyl (C=O) groups is 1. The van der Waals surface area contributed by atoms with E-state index < -0.39 is 17.5 Å². The molecular weight excluding hydrogens is 285 g/mol. The maximum atomic E-state index is 12.8. The summed E-state index contributed by atoms with van der Waals surface area (Å²) >= 11 is 0. The van der Waals surface area contributed by atoms with Gasteiger partial charge in [-0.25, -0.2) is 0 Å². The Kier molecular flexibility index (Phi) is 5.14. The molecule has 0 spiro atoms. The standard InChI is InChI=1S/C14H23F3N2O2/c1-21-9-13(5-6-18-8-13)12(20)19-11-4-2-3-10(7-11)14(15,16)17/h10-11,18H,2-9H2,1H3,(H,19,20). The zero-order valence-electron chi connectivity index (χ0n) is 12.3. The summed E-state index contributed by atoms with van der Waals surface area (Å²) in [6, 6.07) is -0.382. The number of methoxy groups -OCH3 is 1. The third-order valence-electron chi connectivity index (χ3n) is 4.62. The van der Waals surface area contributed by atoms with Crippen LogP contribution in [0, 0.1) is 11.3 Å². The van der Waals surface area contributed by atoms with Crippen LogP contribution in [0.15, 0.2) is 0 Å². The maximum Gasteiger partial charge on any atom is 0.391 e. The summed E-state index contributed by atoms with van der Waals surface area (Å²) in [6.45, 7) is 1.54. The average Bonchev–Trinajstić information content (AvgIpc) is 2.88. The van der Waals surface area contributed by atoms with Crippen LogP contribution in [0.3, 0.4) is 0 Å². The molecule has 3 unspecified atom stereocenters. The molecule has 1 saturated carbocycles. The van der Waals surface area contributed by atoms with E-state index in [1.165, 1.54) is 7.11 Å². The number of hydrogen-bond acceptors (Lipinski definition) is 3. The highest BCUT2D eigenvalue weighted by Crippen LogP contribution is 2.38. The molecule has 1 heterocycles. The van der Waals surface area contributed by atoms with Gasteiger partial charge >= 0.3 is 6.18 Å². The van der Waals surface area contributed by atoms with Gasteiger partial charge in [0.25, 0.3) is 0 Å². The number of rotatable bonds is 4. The first-order valence-corrected chi connectivity index (χ1v) is 7.45. The predicted octanol–water partition coefficient (Wildman–Crippen LogP) is 1.85. The van der Waals surface area contributed by atoms with Crippen molar-refractivity contribution in [3.05, 3.63) is 0 Å². The molecule has 0 aromatic rings. The molecule has 1 aliphatic heterocycles. The van der Waals surface area contributed by atoms with E-state index in [0.717, 1.165) is 6.54 Å². The highest BCUT2D eigenvalue weighted by atomic mass is 19.4. The molecule has 0 radical (unpaired) electrons. The summed E-state index contributed by atoms with van der Waals surface area (Å²) in [6.07, 6.45) is -2.23. The molecule has 1 saturated heterocycles. The fraction of sp³-hybridized carbons (Fsp3) is 0.929. The molecule has 1 amide bonds. The molecule has 1 aliphatic carbocycles. The number of carbonyl (C=O) groups excluding carboxylic acids is 1. The number of halogens is 3. The number of ether oxygens (including phenoxy) is 1. The van der Waals surface area contributed by atoms with E-state index in [0.29, 0.717) is 32.4 Å². The Bertz CT molecular complexity index is 368. The Hall–Kier alpha value is -0.820. The minimum Gasteiger partial charge on any atom is -0.384 e. The Labute approximate surface area is 122 Å². The molecule has 3 atom stereocenters. The minimum atomic E-state index is -4.16. The van der Waals surface area contributed by atoms with Crippen molar-refractivity contribution in [2.24, 2.45) is 11.3 Å². The fourth-order valence-electron chi connectivity index (χ4n) is 3.36. The Balaban J connectivity index is 1.95. The summed E-state index contributed by atoms with van der Waals surface area (Å²) in [5.74, 6) is -1.47. The lowest BCUT2D eigenvalue weighted by molar-refractivity contribution is -0.184. The van der Waals surface area contributed by atoms with Gasteiger partial charge in [-0.1, -0.05) is 6.42 Å². The first-order chi connectivity index (χ1) is 9.87. The second-order valence-corrected chi connectivity index (χ2v) is 6.22. The number of alkyl halides is 3. The van der Waals surface area contributed by atoms with Gasteiger partial charge in [-0.2, -0.15) is 13.2 Å². The molecule has 7 heteroatoms. The van der Waals surface area contributed by atoms with Gasteiger partial charge in [0, 0.05) is 19.7 Å². The van der Waals surface area contributed by atoms with Crippen LogP contribution < -0.4 is 10.6 Å². The molecule has 0 aromatic carbocycles. The predicted molar refractivity (Wildman–Crippen MR) is 71.7 cm³/mol. The molecule has 4 nitrogen and oxygen atoms in total. The van der Waals surface area contributed by atoms with Gasteiger partial charge < -0.3 is 15.4 Å². The lowest BCUT2D eigenvalue weighted by Crippen LogP contribution is -2.50. The molecule has 2 N–H and O–H groups in total. The van der Waals surface area contributed by atoms with Crippen LogP contribution >= 0.6 is 0 Å². The van der Waals surface area contributed by atoms with Gasteiger partial charge in [0.2, 0.25) is 5.91 Å². The van der Waals surface area contributed by atoms with E-state index in [-0.39, 0.29) is 24.8 Å². The first-order valence-electron chi connectivity index (χ1n) is 7.45. The Morgan fingerprint density at radius 2 is 2.19 bits per heavy atom. The van der Waals surface area contributed by atoms with Crippen molar-refractivity contribution in [1.29, 1.82) is 0 Å². The summed E-state index contributed by atoms with van der Waals surface area (Å²) in [5, 5.41) is 5.96. The van der Waals surface area contributed by atoms with Crippen molar-refractivity contribution in [2.75, 3.05) is 26.8 Å². The summed E-state index contributed by atoms with van der Waals surface area (Å²) in [7, 11) is 1.54. The number of nitrogens with one attached hydrogen (secondary N) is 2. The van der Waals surface area contributed by atoms with E-state index in [1.807, 2.05) is 0 Å². The monoisotopic (exact) mass is 308 g/mol. The average molecular weight is 308 g/mol. The van der Waals surface area contributed by atoms with E-state index in [1.54, 1.807) is 0 Å². The minimum absolute atomic E-state index is 0.00820. The normalized spacial score (nSPS) is 33.9. The third-order valence-corrected chi connectivity index (χ3v) is 4.62. The summed E-state index contributed by atoms with van der Waals surface area (Å²) in [5.41, 5.74) is -0.639. The number of hydrogen-bond donors (Lipinski definition) is 2. The lowest BCUT2D eigenvalue weighted by Gasteiger charge is -2.34. The molecule has 21 heavy (non-hydrogen) atoms. The second kappa shape index (κ2) is 6.52. The van der Waals surface area contributed by atoms with Gasteiger partial charge in [0.05, 0.1) is 17.9 Å². The smallest absolute Gasteiger partial charge is 0.384 e. The van der Waals surface area contributed by atoms with Crippen molar-refractivity contribution in [1.82, 2.24) is 10.6 Å².